The van der Waals surface area contributed by atoms with Gasteiger partial charge in [-0.2, -0.15) is 0 Å². The number of aliphatic hydroxyl groups is 1. The van der Waals surface area contributed by atoms with Crippen LogP contribution >= 0.6 is 0 Å². The third-order valence-corrected chi connectivity index (χ3v) is 5.69. The molecule has 1 aliphatic carbocycles. The number of aliphatic hydroxyl groups excluding tert-OH is 1. The molecule has 6 nitrogen and oxygen atoms in total. The minimum Gasteiger partial charge on any atom is -0.394 e. The Labute approximate surface area is 160 Å². The zero-order valence-electron chi connectivity index (χ0n) is 15.9. The Balaban J connectivity index is 1.46. The van der Waals surface area contributed by atoms with Gasteiger partial charge in [-0.15, -0.1) is 0 Å². The Bertz CT molecular complexity index is 632. The monoisotopic (exact) mass is 374 g/mol. The summed E-state index contributed by atoms with van der Waals surface area (Å²) in [6.07, 6.45) is 4.00. The molecule has 0 unspecified atom stereocenters. The van der Waals surface area contributed by atoms with Gasteiger partial charge in [0.1, 0.15) is 6.10 Å². The number of rotatable bonds is 7. The summed E-state index contributed by atoms with van der Waals surface area (Å²) in [5.74, 6) is 0.124. The van der Waals surface area contributed by atoms with Crippen molar-refractivity contribution in [3.05, 3.63) is 35.9 Å². The van der Waals surface area contributed by atoms with Gasteiger partial charge in [0.05, 0.1) is 31.2 Å². The lowest BCUT2D eigenvalue weighted by atomic mass is 9.84. The molecule has 0 bridgehead atoms. The molecule has 1 aromatic carbocycles. The maximum absolute atomic E-state index is 12.4. The van der Waals surface area contributed by atoms with Gasteiger partial charge in [0.25, 0.3) is 0 Å². The van der Waals surface area contributed by atoms with Gasteiger partial charge in [0.2, 0.25) is 11.8 Å². The van der Waals surface area contributed by atoms with Crippen molar-refractivity contribution in [3.63, 3.8) is 0 Å². The summed E-state index contributed by atoms with van der Waals surface area (Å²) in [6.45, 7) is 1.80. The van der Waals surface area contributed by atoms with E-state index >= 15 is 0 Å². The second-order valence-electron chi connectivity index (χ2n) is 7.70. The molecule has 2 aliphatic rings. The zero-order valence-corrected chi connectivity index (χ0v) is 15.9. The van der Waals surface area contributed by atoms with Crippen LogP contribution in [-0.2, 0) is 14.3 Å². The van der Waals surface area contributed by atoms with Crippen LogP contribution in [0.5, 0.6) is 0 Å². The second kappa shape index (κ2) is 9.33. The van der Waals surface area contributed by atoms with E-state index < -0.39 is 6.10 Å². The van der Waals surface area contributed by atoms with E-state index in [0.29, 0.717) is 6.42 Å². The number of carbonyl (C=O) groups excluding carboxylic acids is 2. The fraction of sp³-hybridized carbons (Fsp3) is 0.619. The van der Waals surface area contributed by atoms with Crippen molar-refractivity contribution in [1.29, 1.82) is 0 Å². The summed E-state index contributed by atoms with van der Waals surface area (Å²) in [4.78, 5) is 24.5. The van der Waals surface area contributed by atoms with Gasteiger partial charge < -0.3 is 20.5 Å². The molecule has 4 atom stereocenters. The van der Waals surface area contributed by atoms with Crippen LogP contribution in [0.4, 0.5) is 0 Å². The molecule has 1 aromatic rings. The first-order chi connectivity index (χ1) is 13.1. The van der Waals surface area contributed by atoms with E-state index in [2.05, 4.69) is 10.6 Å². The summed E-state index contributed by atoms with van der Waals surface area (Å²) >= 11 is 0. The molecule has 0 radical (unpaired) electrons. The smallest absolute Gasteiger partial charge is 0.223 e. The zero-order chi connectivity index (χ0) is 19.2. The third kappa shape index (κ3) is 5.30. The average molecular weight is 374 g/mol. The summed E-state index contributed by atoms with van der Waals surface area (Å²) in [5, 5.41) is 15.7. The summed E-state index contributed by atoms with van der Waals surface area (Å²) < 4.78 is 5.91. The number of amides is 2. The molecule has 1 heterocycles. The highest BCUT2D eigenvalue weighted by molar-refractivity contribution is 5.79. The molecule has 1 saturated heterocycles. The van der Waals surface area contributed by atoms with Gasteiger partial charge in [0, 0.05) is 5.92 Å². The number of hydrogen-bond acceptors (Lipinski definition) is 4. The van der Waals surface area contributed by atoms with Gasteiger partial charge in [0.15, 0.2) is 0 Å². The summed E-state index contributed by atoms with van der Waals surface area (Å²) in [7, 11) is 0. The molecule has 1 aliphatic heterocycles. The molecule has 6 heteroatoms. The molecule has 27 heavy (non-hydrogen) atoms. The molecular weight excluding hydrogens is 344 g/mol. The Morgan fingerprint density at radius 3 is 2.56 bits per heavy atom. The molecule has 0 aromatic heterocycles. The molecule has 1 saturated carbocycles. The number of ether oxygens (including phenoxy) is 1. The molecule has 3 rings (SSSR count). The van der Waals surface area contributed by atoms with Crippen LogP contribution in [0, 0.1) is 5.92 Å². The van der Waals surface area contributed by atoms with E-state index in [4.69, 9.17) is 4.74 Å². The molecule has 148 valence electrons. The lowest BCUT2D eigenvalue weighted by Gasteiger charge is -2.37. The first-order valence-electron chi connectivity index (χ1n) is 9.97. The van der Waals surface area contributed by atoms with E-state index in [9.17, 15) is 14.7 Å². The van der Waals surface area contributed by atoms with Gasteiger partial charge in [-0.25, -0.2) is 0 Å². The van der Waals surface area contributed by atoms with Crippen molar-refractivity contribution in [2.75, 3.05) is 6.61 Å². The number of nitrogens with one attached hydrogen (secondary N) is 2. The van der Waals surface area contributed by atoms with Crippen molar-refractivity contribution in [1.82, 2.24) is 10.6 Å². The molecular formula is C21H30N2O4. The van der Waals surface area contributed by atoms with E-state index in [1.165, 1.54) is 0 Å². The van der Waals surface area contributed by atoms with Crippen LogP contribution in [0.3, 0.4) is 0 Å². The number of hydrogen-bond donors (Lipinski definition) is 3. The van der Waals surface area contributed by atoms with Crippen LogP contribution in [-0.4, -0.2) is 41.8 Å². The van der Waals surface area contributed by atoms with Gasteiger partial charge in [-0.05, 0) is 38.2 Å². The van der Waals surface area contributed by atoms with Crippen LogP contribution in [0.25, 0.3) is 0 Å². The predicted molar refractivity (Wildman–Crippen MR) is 102 cm³/mol. The maximum Gasteiger partial charge on any atom is 0.223 e. The topological polar surface area (TPSA) is 87.7 Å². The van der Waals surface area contributed by atoms with Gasteiger partial charge in [-0.3, -0.25) is 9.59 Å². The number of carbonyl (C=O) groups is 2. The van der Waals surface area contributed by atoms with Crippen molar-refractivity contribution < 1.29 is 19.4 Å². The minimum absolute atomic E-state index is 0.0644. The maximum atomic E-state index is 12.4. The van der Waals surface area contributed by atoms with Crippen LogP contribution in [0.15, 0.2) is 30.3 Å². The SMILES string of the molecule is C[C@@H](NC(=O)C[C@@H]1CC[C@H](NC(=O)C2CCC2)[C@@H](CO)O1)c1ccccc1. The van der Waals surface area contributed by atoms with Crippen molar-refractivity contribution in [2.24, 2.45) is 5.92 Å². The fourth-order valence-corrected chi connectivity index (χ4v) is 3.75. The van der Waals surface area contributed by atoms with Gasteiger partial charge >= 0.3 is 0 Å². The number of benzene rings is 1. The lowest BCUT2D eigenvalue weighted by Crippen LogP contribution is -2.53. The normalized spacial score (nSPS) is 26.7. The Morgan fingerprint density at radius 2 is 1.93 bits per heavy atom. The summed E-state index contributed by atoms with van der Waals surface area (Å²) in [6, 6.07) is 9.58. The van der Waals surface area contributed by atoms with Crippen LogP contribution in [0.1, 0.15) is 57.1 Å². The predicted octanol–water partition coefficient (Wildman–Crippen LogP) is 2.08. The Hall–Kier alpha value is -1.92. The average Bonchev–Trinajstić information content (AvgIpc) is 2.62. The highest BCUT2D eigenvalue weighted by Gasteiger charge is 2.35. The van der Waals surface area contributed by atoms with Crippen molar-refractivity contribution in [3.8, 4) is 0 Å². The molecule has 2 amide bonds. The van der Waals surface area contributed by atoms with E-state index in [-0.39, 0.29) is 48.9 Å². The first kappa shape index (κ1) is 19.8. The van der Waals surface area contributed by atoms with Crippen molar-refractivity contribution >= 4 is 11.8 Å². The van der Waals surface area contributed by atoms with Crippen LogP contribution < -0.4 is 10.6 Å². The highest BCUT2D eigenvalue weighted by atomic mass is 16.5. The van der Waals surface area contributed by atoms with E-state index in [1.54, 1.807) is 0 Å². The van der Waals surface area contributed by atoms with E-state index in [1.807, 2.05) is 37.3 Å². The molecule has 2 fully saturated rings. The second-order valence-corrected chi connectivity index (χ2v) is 7.70. The molecule has 0 spiro atoms. The summed E-state index contributed by atoms with van der Waals surface area (Å²) in [5.41, 5.74) is 1.06. The minimum atomic E-state index is -0.452. The standard InChI is InChI=1S/C21H30N2O4/c1-14(15-6-3-2-4-7-15)22-20(25)12-17-10-11-18(19(13-24)27-17)23-21(26)16-8-5-9-16/h2-4,6-7,14,16-19,24H,5,8-13H2,1H3,(H,22,25)(H,23,26)/t14-,17+,18+,19-/m1/s1. The van der Waals surface area contributed by atoms with Crippen LogP contribution in [0.2, 0.25) is 0 Å². The molecule has 3 N–H and O–H groups in total. The lowest BCUT2D eigenvalue weighted by molar-refractivity contribution is -0.139. The fourth-order valence-electron chi connectivity index (χ4n) is 3.75. The largest absolute Gasteiger partial charge is 0.394 e. The Morgan fingerprint density at radius 1 is 1.19 bits per heavy atom. The third-order valence-electron chi connectivity index (χ3n) is 5.69. The van der Waals surface area contributed by atoms with E-state index in [0.717, 1.165) is 31.2 Å². The quantitative estimate of drug-likeness (QED) is 0.682. The highest BCUT2D eigenvalue weighted by Crippen LogP contribution is 2.28. The Kier molecular flexibility index (Phi) is 6.85. The van der Waals surface area contributed by atoms with Crippen molar-refractivity contribution in [2.45, 2.75) is 69.7 Å². The van der Waals surface area contributed by atoms with Gasteiger partial charge in [-0.1, -0.05) is 36.8 Å². The first-order valence-corrected chi connectivity index (χ1v) is 9.97.